The molecule has 0 bridgehead atoms. The molecule has 0 unspecified atom stereocenters. The molecule has 272 valence electrons. The predicted molar refractivity (Wildman–Crippen MR) is 190 cm³/mol. The second kappa shape index (κ2) is 12.1. The number of hydrogen-bond acceptors (Lipinski definition) is 7. The van der Waals surface area contributed by atoms with Gasteiger partial charge in [0.05, 0.1) is 23.4 Å². The minimum atomic E-state index is -1.48. The van der Waals surface area contributed by atoms with Crippen molar-refractivity contribution in [2.24, 2.45) is 45.3 Å². The van der Waals surface area contributed by atoms with Gasteiger partial charge in [-0.05, 0) is 79.4 Å². The number of carbonyl (C=O) groups is 3. The van der Waals surface area contributed by atoms with Gasteiger partial charge in [0, 0.05) is 52.6 Å². The van der Waals surface area contributed by atoms with E-state index in [1.165, 1.54) is 13.0 Å². The van der Waals surface area contributed by atoms with Gasteiger partial charge in [-0.3, -0.25) is 9.59 Å². The maximum atomic E-state index is 14.9. The summed E-state index contributed by atoms with van der Waals surface area (Å²) in [5, 5.41) is 56.9. The Balaban J connectivity index is 1.49. The van der Waals surface area contributed by atoms with Crippen molar-refractivity contribution in [2.75, 3.05) is 0 Å². The fraction of sp³-hybridized carbons (Fsp3) is 0.643. The lowest BCUT2D eigenvalue weighted by atomic mass is 9.35. The van der Waals surface area contributed by atoms with Crippen LogP contribution < -0.4 is 0 Å². The summed E-state index contributed by atoms with van der Waals surface area (Å²) in [6.45, 7) is 13.7. The lowest BCUT2D eigenvalue weighted by Gasteiger charge is -2.69. The summed E-state index contributed by atoms with van der Waals surface area (Å²) in [7, 11) is 0. The lowest BCUT2D eigenvalue weighted by molar-refractivity contribution is -0.190. The molecule has 5 aliphatic carbocycles. The summed E-state index contributed by atoms with van der Waals surface area (Å²) in [5.41, 5.74) is -3.78. The monoisotopic (exact) mass is 688 g/mol. The van der Waals surface area contributed by atoms with Gasteiger partial charge < -0.3 is 25.5 Å². The van der Waals surface area contributed by atoms with Gasteiger partial charge in [-0.15, -0.1) is 0 Å². The van der Waals surface area contributed by atoms with Crippen LogP contribution in [-0.4, -0.2) is 66.5 Å². The molecule has 5 aliphatic rings. The molecule has 0 radical (unpaired) electrons. The van der Waals surface area contributed by atoms with Crippen molar-refractivity contribution < 1.29 is 39.9 Å². The minimum absolute atomic E-state index is 0.0320. The average Bonchev–Trinajstić information content (AvgIpc) is 3.21. The van der Waals surface area contributed by atoms with Crippen LogP contribution in [0.3, 0.4) is 0 Å². The summed E-state index contributed by atoms with van der Waals surface area (Å²) in [5.74, 6) is -2.36. The molecule has 5 N–H and O–H groups in total. The molecule has 3 fully saturated rings. The minimum Gasteiger partial charge on any atom is -0.478 e. The van der Waals surface area contributed by atoms with Crippen LogP contribution in [0, 0.1) is 45.3 Å². The van der Waals surface area contributed by atoms with Gasteiger partial charge in [0.1, 0.15) is 5.78 Å². The number of carboxylic acid groups (broad SMARTS) is 1. The molecule has 1 aromatic carbocycles. The number of Topliss-reactive ketones (excluding diaryl/α,β-unsaturated/α-hetero) is 2. The number of aliphatic carboxylic acids is 1. The number of aliphatic hydroxyl groups is 4. The first-order valence-corrected chi connectivity index (χ1v) is 18.5. The summed E-state index contributed by atoms with van der Waals surface area (Å²) in [4.78, 5) is 40.4. The molecule has 0 amide bonds. The van der Waals surface area contributed by atoms with E-state index in [-0.39, 0.29) is 60.6 Å². The standard InChI is InChI=1S/C42H56O8/c1-24(19-28(44)21-27(36(47)48)20-25(2)43)30-22-41(49)17-18-42(50)29(14-13-26-11-9-8-10-12-26)34-37(3,4)32(46)15-16-38(34,5)33-31(45)23-39(30,6)40(41,7)35(33)42/h8-14,21,24-25,28-30,34,43-44,49-50H,15-20,22-23H2,1-7H3,(H,47,48)/t24-,25+,28+,29+,30+,34+,38-,39-,40+,41-,42+/m1/s1. The fourth-order valence-corrected chi connectivity index (χ4v) is 12.3. The Morgan fingerprint density at radius 2 is 1.64 bits per heavy atom. The predicted octanol–water partition coefficient (Wildman–Crippen LogP) is 6.07. The highest BCUT2D eigenvalue weighted by Crippen LogP contribution is 2.79. The molecule has 0 saturated heterocycles. The first-order valence-electron chi connectivity index (χ1n) is 18.5. The number of allylic oxidation sites excluding steroid dienone is 1. The summed E-state index contributed by atoms with van der Waals surface area (Å²) in [6.07, 6.45) is 5.49. The van der Waals surface area contributed by atoms with Crippen molar-refractivity contribution in [2.45, 2.75) is 123 Å². The summed E-state index contributed by atoms with van der Waals surface area (Å²) < 4.78 is 0. The smallest absolute Gasteiger partial charge is 0.331 e. The van der Waals surface area contributed by atoms with Crippen molar-refractivity contribution in [3.8, 4) is 0 Å². The van der Waals surface area contributed by atoms with Crippen molar-refractivity contribution in [1.29, 1.82) is 0 Å². The highest BCUT2D eigenvalue weighted by atomic mass is 16.4. The number of carboxylic acids is 1. The average molecular weight is 689 g/mol. The fourth-order valence-electron chi connectivity index (χ4n) is 12.3. The number of rotatable bonds is 9. The SMILES string of the molecule is C[C@H](O)CC(=C[C@@H](O)C[C@@H](C)[C@@H]1C[C@]2(O)CC[C@@]3(O)C4=C(C(=O)C[C@@]1(C)[C@]42C)[C@@]1(C)CCC(=O)C(C)(C)[C@@H]1[C@@H]3C=Cc1ccccc1)C(=O)O. The molecule has 0 aliphatic heterocycles. The molecule has 0 aromatic heterocycles. The Hall–Kier alpha value is -2.91. The molecule has 3 saturated carbocycles. The van der Waals surface area contributed by atoms with E-state index in [4.69, 9.17) is 0 Å². The second-order valence-corrected chi connectivity index (χ2v) is 17.8. The molecule has 8 heteroatoms. The third kappa shape index (κ3) is 5.10. The van der Waals surface area contributed by atoms with E-state index in [1.54, 1.807) is 0 Å². The number of ketones is 2. The van der Waals surface area contributed by atoms with E-state index >= 15 is 0 Å². The van der Waals surface area contributed by atoms with Gasteiger partial charge in [0.15, 0.2) is 5.78 Å². The highest BCUT2D eigenvalue weighted by molar-refractivity contribution is 6.01. The van der Waals surface area contributed by atoms with Crippen LogP contribution in [0.2, 0.25) is 0 Å². The van der Waals surface area contributed by atoms with Crippen LogP contribution in [0.4, 0.5) is 0 Å². The number of aliphatic hydroxyl groups excluding tert-OH is 2. The summed E-state index contributed by atoms with van der Waals surface area (Å²) >= 11 is 0. The van der Waals surface area contributed by atoms with Crippen LogP contribution in [0.25, 0.3) is 6.08 Å². The Morgan fingerprint density at radius 1 is 0.980 bits per heavy atom. The topological polar surface area (TPSA) is 152 Å². The molecule has 0 heterocycles. The van der Waals surface area contributed by atoms with E-state index < -0.39 is 57.0 Å². The number of hydrogen-bond donors (Lipinski definition) is 5. The lowest BCUT2D eigenvalue weighted by Crippen LogP contribution is -2.71. The third-order valence-electron chi connectivity index (χ3n) is 14.7. The van der Waals surface area contributed by atoms with Crippen molar-refractivity contribution >= 4 is 23.6 Å². The van der Waals surface area contributed by atoms with Gasteiger partial charge in [0.25, 0.3) is 0 Å². The van der Waals surface area contributed by atoms with Crippen molar-refractivity contribution in [3.63, 3.8) is 0 Å². The number of benzene rings is 1. The van der Waals surface area contributed by atoms with E-state index in [0.717, 1.165) is 5.56 Å². The van der Waals surface area contributed by atoms with Crippen LogP contribution >= 0.6 is 0 Å². The zero-order valence-electron chi connectivity index (χ0n) is 30.7. The van der Waals surface area contributed by atoms with Gasteiger partial charge in [-0.1, -0.05) is 84.0 Å². The molecular formula is C42H56O8. The Morgan fingerprint density at radius 3 is 2.26 bits per heavy atom. The van der Waals surface area contributed by atoms with Gasteiger partial charge in [-0.25, -0.2) is 4.79 Å². The number of fused-ring (bicyclic) bond motifs is 2. The van der Waals surface area contributed by atoms with Crippen molar-refractivity contribution in [1.82, 2.24) is 0 Å². The molecule has 50 heavy (non-hydrogen) atoms. The van der Waals surface area contributed by atoms with Gasteiger partial charge >= 0.3 is 5.97 Å². The van der Waals surface area contributed by atoms with E-state index in [1.807, 2.05) is 64.1 Å². The second-order valence-electron chi connectivity index (χ2n) is 17.8. The zero-order chi connectivity index (χ0) is 36.8. The summed E-state index contributed by atoms with van der Waals surface area (Å²) in [6, 6.07) is 9.88. The largest absolute Gasteiger partial charge is 0.478 e. The van der Waals surface area contributed by atoms with Gasteiger partial charge in [-0.2, -0.15) is 0 Å². The van der Waals surface area contributed by atoms with E-state index in [2.05, 4.69) is 19.9 Å². The quantitative estimate of drug-likeness (QED) is 0.196. The van der Waals surface area contributed by atoms with Crippen LogP contribution in [-0.2, 0) is 14.4 Å². The van der Waals surface area contributed by atoms with Crippen LogP contribution in [0.15, 0.2) is 59.2 Å². The molecule has 0 spiro atoms. The first kappa shape index (κ1) is 36.9. The van der Waals surface area contributed by atoms with Gasteiger partial charge in [0.2, 0.25) is 0 Å². The Labute approximate surface area is 296 Å². The third-order valence-corrected chi connectivity index (χ3v) is 14.7. The molecule has 11 atom stereocenters. The maximum Gasteiger partial charge on any atom is 0.331 e. The molecule has 1 aromatic rings. The zero-order valence-corrected chi connectivity index (χ0v) is 30.7. The Bertz CT molecular complexity index is 1670. The van der Waals surface area contributed by atoms with E-state index in [9.17, 15) is 39.9 Å². The normalized spacial score (nSPS) is 41.1. The molecule has 6 rings (SSSR count). The van der Waals surface area contributed by atoms with E-state index in [0.29, 0.717) is 36.8 Å². The molecular weight excluding hydrogens is 632 g/mol. The first-order chi connectivity index (χ1) is 23.2. The van der Waals surface area contributed by atoms with Crippen molar-refractivity contribution in [3.05, 3.63) is 64.8 Å². The van der Waals surface area contributed by atoms with Crippen LogP contribution in [0.1, 0.15) is 105 Å². The van der Waals surface area contributed by atoms with Crippen LogP contribution in [0.5, 0.6) is 0 Å². The Kier molecular flexibility index (Phi) is 8.90. The maximum absolute atomic E-state index is 14.9. The molecule has 8 nitrogen and oxygen atoms in total. The highest BCUT2D eigenvalue weighted by Gasteiger charge is 2.79. The number of carbonyl (C=O) groups excluding carboxylic acids is 2.